The van der Waals surface area contributed by atoms with Gasteiger partial charge in [0, 0.05) is 11.1 Å². The van der Waals surface area contributed by atoms with Gasteiger partial charge in [-0.05, 0) is 25.7 Å². The number of hydrogen-bond acceptors (Lipinski definition) is 2. The molecule has 0 aromatic carbocycles. The lowest BCUT2D eigenvalue weighted by Crippen LogP contribution is -2.64. The first-order valence-electron chi connectivity index (χ1n) is 5.07. The zero-order valence-electron chi connectivity index (χ0n) is 8.98. The predicted molar refractivity (Wildman–Crippen MR) is 55.0 cm³/mol. The summed E-state index contributed by atoms with van der Waals surface area (Å²) in [5.74, 6) is 0. The first-order chi connectivity index (χ1) is 5.49. The maximum Gasteiger partial charge on any atom is 0.0331 e. The molecule has 0 amide bonds. The third kappa shape index (κ3) is 1.80. The molecule has 0 spiro atoms. The molecular formula is C10H24N2. The molecule has 2 heteroatoms. The molecule has 0 aromatic rings. The Morgan fingerprint density at radius 1 is 0.667 bits per heavy atom. The standard InChI is InChI=1S/C10H24N2/c1-5-9(11,6-2)10(12,7-3)8-4/h5-8,11-12H2,1-4H3. The highest BCUT2D eigenvalue weighted by molar-refractivity contribution is 5.04. The van der Waals surface area contributed by atoms with Gasteiger partial charge in [0.05, 0.1) is 0 Å². The molecule has 0 aliphatic heterocycles. The van der Waals surface area contributed by atoms with Gasteiger partial charge >= 0.3 is 0 Å². The molecule has 0 atom stereocenters. The average Bonchev–Trinajstić information content (AvgIpc) is 2.15. The lowest BCUT2D eigenvalue weighted by Gasteiger charge is -2.44. The van der Waals surface area contributed by atoms with E-state index in [1.54, 1.807) is 0 Å². The maximum absolute atomic E-state index is 6.27. The van der Waals surface area contributed by atoms with E-state index in [1.165, 1.54) is 0 Å². The highest BCUT2D eigenvalue weighted by Gasteiger charge is 2.40. The van der Waals surface area contributed by atoms with E-state index in [2.05, 4.69) is 27.7 Å². The normalized spacial score (nSPS) is 13.5. The van der Waals surface area contributed by atoms with Crippen LogP contribution in [0.1, 0.15) is 53.4 Å². The Hall–Kier alpha value is -0.0800. The van der Waals surface area contributed by atoms with Crippen molar-refractivity contribution < 1.29 is 0 Å². The van der Waals surface area contributed by atoms with Gasteiger partial charge in [0.2, 0.25) is 0 Å². The molecule has 0 unspecified atom stereocenters. The van der Waals surface area contributed by atoms with Crippen molar-refractivity contribution in [2.75, 3.05) is 0 Å². The van der Waals surface area contributed by atoms with Crippen molar-refractivity contribution in [3.63, 3.8) is 0 Å². The Morgan fingerprint density at radius 3 is 0.917 bits per heavy atom. The fraction of sp³-hybridized carbons (Fsp3) is 1.00. The molecule has 4 N–H and O–H groups in total. The van der Waals surface area contributed by atoms with Gasteiger partial charge in [-0.2, -0.15) is 0 Å². The van der Waals surface area contributed by atoms with Crippen LogP contribution in [0.25, 0.3) is 0 Å². The third-order valence-corrected chi connectivity index (χ3v) is 3.52. The molecule has 0 aliphatic carbocycles. The van der Waals surface area contributed by atoms with Gasteiger partial charge in [-0.3, -0.25) is 0 Å². The summed E-state index contributed by atoms with van der Waals surface area (Å²) in [7, 11) is 0. The molecule has 0 heterocycles. The van der Waals surface area contributed by atoms with Gasteiger partial charge in [0.1, 0.15) is 0 Å². The van der Waals surface area contributed by atoms with Crippen LogP contribution in [0.2, 0.25) is 0 Å². The van der Waals surface area contributed by atoms with Crippen LogP contribution in [0.3, 0.4) is 0 Å². The van der Waals surface area contributed by atoms with Crippen molar-refractivity contribution in [3.05, 3.63) is 0 Å². The van der Waals surface area contributed by atoms with E-state index in [9.17, 15) is 0 Å². The second-order valence-corrected chi connectivity index (χ2v) is 3.73. The third-order valence-electron chi connectivity index (χ3n) is 3.52. The minimum absolute atomic E-state index is 0.184. The molecule has 0 radical (unpaired) electrons. The van der Waals surface area contributed by atoms with Crippen LogP contribution < -0.4 is 11.5 Å². The second kappa shape index (κ2) is 4.24. The summed E-state index contributed by atoms with van der Waals surface area (Å²) >= 11 is 0. The van der Waals surface area contributed by atoms with Crippen LogP contribution in [0.4, 0.5) is 0 Å². The zero-order chi connectivity index (χ0) is 9.83. The van der Waals surface area contributed by atoms with Crippen LogP contribution in [0.5, 0.6) is 0 Å². The summed E-state index contributed by atoms with van der Waals surface area (Å²) in [6.45, 7) is 8.49. The largest absolute Gasteiger partial charge is 0.324 e. The zero-order valence-corrected chi connectivity index (χ0v) is 8.98. The lowest BCUT2D eigenvalue weighted by atomic mass is 9.71. The van der Waals surface area contributed by atoms with E-state index in [4.69, 9.17) is 11.5 Å². The molecule has 0 aromatic heterocycles. The minimum atomic E-state index is -0.184. The summed E-state index contributed by atoms with van der Waals surface area (Å²) in [4.78, 5) is 0. The van der Waals surface area contributed by atoms with Crippen molar-refractivity contribution in [1.82, 2.24) is 0 Å². The fourth-order valence-corrected chi connectivity index (χ4v) is 1.91. The topological polar surface area (TPSA) is 52.0 Å². The fourth-order valence-electron chi connectivity index (χ4n) is 1.91. The molecule has 0 fully saturated rings. The SMILES string of the molecule is CCC(N)(CC)C(N)(CC)CC. The molecule has 12 heavy (non-hydrogen) atoms. The Morgan fingerprint density at radius 2 is 0.833 bits per heavy atom. The van der Waals surface area contributed by atoms with E-state index in [1.807, 2.05) is 0 Å². The number of nitrogens with two attached hydrogens (primary N) is 2. The first kappa shape index (κ1) is 11.9. The second-order valence-electron chi connectivity index (χ2n) is 3.73. The Labute approximate surface area is 76.7 Å². The van der Waals surface area contributed by atoms with E-state index < -0.39 is 0 Å². The van der Waals surface area contributed by atoms with Gasteiger partial charge < -0.3 is 11.5 Å². The van der Waals surface area contributed by atoms with Gasteiger partial charge in [0.25, 0.3) is 0 Å². The van der Waals surface area contributed by atoms with E-state index in [0.29, 0.717) is 0 Å². The monoisotopic (exact) mass is 172 g/mol. The molecule has 74 valence electrons. The average molecular weight is 172 g/mol. The maximum atomic E-state index is 6.27. The highest BCUT2D eigenvalue weighted by atomic mass is 14.9. The van der Waals surface area contributed by atoms with Crippen LogP contribution in [-0.2, 0) is 0 Å². The minimum Gasteiger partial charge on any atom is -0.324 e. The summed E-state index contributed by atoms with van der Waals surface area (Å²) in [5.41, 5.74) is 12.2. The molecule has 0 saturated carbocycles. The Kier molecular flexibility index (Phi) is 4.21. The van der Waals surface area contributed by atoms with Gasteiger partial charge in [-0.15, -0.1) is 0 Å². The van der Waals surface area contributed by atoms with Crippen LogP contribution >= 0.6 is 0 Å². The Bertz CT molecular complexity index is 108. The van der Waals surface area contributed by atoms with Crippen LogP contribution in [-0.4, -0.2) is 11.1 Å². The summed E-state index contributed by atoms with van der Waals surface area (Å²) in [6.07, 6.45) is 3.84. The molecule has 0 saturated heterocycles. The van der Waals surface area contributed by atoms with Crippen molar-refractivity contribution in [3.8, 4) is 0 Å². The smallest absolute Gasteiger partial charge is 0.0331 e. The quantitative estimate of drug-likeness (QED) is 0.666. The van der Waals surface area contributed by atoms with Crippen LogP contribution in [0.15, 0.2) is 0 Å². The summed E-state index contributed by atoms with van der Waals surface area (Å²) in [6, 6.07) is 0. The molecule has 0 bridgehead atoms. The first-order valence-corrected chi connectivity index (χ1v) is 5.07. The van der Waals surface area contributed by atoms with Crippen molar-refractivity contribution in [1.29, 1.82) is 0 Å². The van der Waals surface area contributed by atoms with Gasteiger partial charge in [-0.25, -0.2) is 0 Å². The Balaban J connectivity index is 4.66. The summed E-state index contributed by atoms with van der Waals surface area (Å²) in [5, 5.41) is 0. The van der Waals surface area contributed by atoms with Crippen molar-refractivity contribution >= 4 is 0 Å². The van der Waals surface area contributed by atoms with E-state index in [0.717, 1.165) is 25.7 Å². The highest BCUT2D eigenvalue weighted by Crippen LogP contribution is 2.29. The lowest BCUT2D eigenvalue weighted by molar-refractivity contribution is 0.189. The molecule has 0 aliphatic rings. The van der Waals surface area contributed by atoms with E-state index >= 15 is 0 Å². The van der Waals surface area contributed by atoms with Gasteiger partial charge in [-0.1, -0.05) is 27.7 Å². The molecular weight excluding hydrogens is 148 g/mol. The molecule has 0 rings (SSSR count). The van der Waals surface area contributed by atoms with Gasteiger partial charge in [0.15, 0.2) is 0 Å². The number of hydrogen-bond donors (Lipinski definition) is 2. The van der Waals surface area contributed by atoms with Crippen LogP contribution in [0, 0.1) is 0 Å². The van der Waals surface area contributed by atoms with Crippen molar-refractivity contribution in [2.45, 2.75) is 64.5 Å². The number of rotatable bonds is 5. The summed E-state index contributed by atoms with van der Waals surface area (Å²) < 4.78 is 0. The van der Waals surface area contributed by atoms with Crippen molar-refractivity contribution in [2.24, 2.45) is 11.5 Å². The van der Waals surface area contributed by atoms with E-state index in [-0.39, 0.29) is 11.1 Å². The predicted octanol–water partition coefficient (Wildman–Crippen LogP) is 2.02. The molecule has 2 nitrogen and oxygen atoms in total.